The number of carbonyl (C=O) groups excluding carboxylic acids is 2. The first-order valence-electron chi connectivity index (χ1n) is 9.96. The number of H-pyrrole nitrogens is 1. The van der Waals surface area contributed by atoms with Crippen LogP contribution in [0, 0.1) is 0 Å². The second-order valence-electron chi connectivity index (χ2n) is 7.07. The van der Waals surface area contributed by atoms with Gasteiger partial charge in [0.15, 0.2) is 0 Å². The Labute approximate surface area is 184 Å². The highest BCUT2D eigenvalue weighted by molar-refractivity contribution is 6.30. The van der Waals surface area contributed by atoms with Crippen molar-refractivity contribution in [3.63, 3.8) is 0 Å². The van der Waals surface area contributed by atoms with E-state index in [1.54, 1.807) is 30.3 Å². The molecule has 162 valence electrons. The minimum absolute atomic E-state index is 0.120. The van der Waals surface area contributed by atoms with Gasteiger partial charge in [0.2, 0.25) is 5.56 Å². The van der Waals surface area contributed by atoms with Crippen LogP contribution in [0.4, 0.5) is 0 Å². The van der Waals surface area contributed by atoms with Crippen molar-refractivity contribution in [2.24, 2.45) is 0 Å². The highest BCUT2D eigenvalue weighted by Gasteiger charge is 2.24. The number of para-hydroxylation sites is 1. The Morgan fingerprint density at radius 3 is 2.61 bits per heavy atom. The average molecular weight is 442 g/mol. The Morgan fingerprint density at radius 2 is 1.87 bits per heavy atom. The molecule has 0 spiro atoms. The van der Waals surface area contributed by atoms with Gasteiger partial charge in [-0.2, -0.15) is 0 Å². The smallest absolute Gasteiger partial charge is 0.328 e. The molecule has 0 aliphatic carbocycles. The molecule has 1 atom stereocenters. The van der Waals surface area contributed by atoms with Crippen LogP contribution in [0.3, 0.4) is 0 Å². The molecule has 0 saturated carbocycles. The Balaban J connectivity index is 1.85. The molecule has 0 saturated heterocycles. The van der Waals surface area contributed by atoms with E-state index in [2.05, 4.69) is 15.6 Å². The molecule has 3 aromatic rings. The summed E-state index contributed by atoms with van der Waals surface area (Å²) in [6.07, 6.45) is 0.767. The van der Waals surface area contributed by atoms with E-state index >= 15 is 0 Å². The van der Waals surface area contributed by atoms with Crippen molar-refractivity contribution in [1.29, 1.82) is 0 Å². The number of pyridine rings is 1. The number of rotatable bonds is 9. The van der Waals surface area contributed by atoms with Crippen molar-refractivity contribution in [2.45, 2.75) is 18.9 Å². The van der Waals surface area contributed by atoms with Crippen molar-refractivity contribution >= 4 is 34.4 Å². The predicted molar refractivity (Wildman–Crippen MR) is 120 cm³/mol. The predicted octanol–water partition coefficient (Wildman–Crippen LogP) is 2.68. The lowest BCUT2D eigenvalue weighted by atomic mass is 10.0. The van der Waals surface area contributed by atoms with Gasteiger partial charge >= 0.3 is 5.97 Å². The Hall–Kier alpha value is -3.16. The number of esters is 1. The highest BCUT2D eigenvalue weighted by Crippen LogP contribution is 2.17. The summed E-state index contributed by atoms with van der Waals surface area (Å²) in [4.78, 5) is 40.4. The third kappa shape index (κ3) is 6.16. The molecule has 1 aromatic heterocycles. The van der Waals surface area contributed by atoms with Gasteiger partial charge in [-0.3, -0.25) is 9.59 Å². The molecule has 0 bridgehead atoms. The summed E-state index contributed by atoms with van der Waals surface area (Å²) >= 11 is 5.89. The molecule has 0 radical (unpaired) electrons. The van der Waals surface area contributed by atoms with E-state index in [1.807, 2.05) is 25.2 Å². The summed E-state index contributed by atoms with van der Waals surface area (Å²) < 4.78 is 5.38. The van der Waals surface area contributed by atoms with Gasteiger partial charge in [0.05, 0.1) is 6.61 Å². The molecule has 31 heavy (non-hydrogen) atoms. The van der Waals surface area contributed by atoms with Crippen LogP contribution in [0.2, 0.25) is 5.02 Å². The second kappa shape index (κ2) is 10.7. The maximum Gasteiger partial charge on any atom is 0.328 e. The van der Waals surface area contributed by atoms with E-state index in [9.17, 15) is 14.4 Å². The summed E-state index contributed by atoms with van der Waals surface area (Å²) in [5.41, 5.74) is 1.40. The summed E-state index contributed by atoms with van der Waals surface area (Å²) in [5.74, 6) is -0.981. The average Bonchev–Trinajstić information content (AvgIpc) is 2.76. The maximum atomic E-state index is 12.8. The van der Waals surface area contributed by atoms with Crippen LogP contribution >= 0.6 is 11.6 Å². The highest BCUT2D eigenvalue weighted by atomic mass is 35.5. The van der Waals surface area contributed by atoms with Gasteiger partial charge in [-0.05, 0) is 55.9 Å². The molecule has 7 nitrogen and oxygen atoms in total. The zero-order chi connectivity index (χ0) is 22.2. The van der Waals surface area contributed by atoms with Gasteiger partial charge in [0, 0.05) is 34.0 Å². The lowest BCUT2D eigenvalue weighted by Gasteiger charge is -2.19. The summed E-state index contributed by atoms with van der Waals surface area (Å²) in [6, 6.07) is 14.2. The molecular weight excluding hydrogens is 418 g/mol. The fourth-order valence-corrected chi connectivity index (χ4v) is 3.35. The summed E-state index contributed by atoms with van der Waals surface area (Å²) in [6.45, 7) is 0.927. The lowest BCUT2D eigenvalue weighted by molar-refractivity contribution is -0.146. The topological polar surface area (TPSA) is 100 Å². The number of fused-ring (bicyclic) bond motifs is 1. The first kappa shape index (κ1) is 22.5. The van der Waals surface area contributed by atoms with Gasteiger partial charge in [-0.25, -0.2) is 4.79 Å². The molecule has 0 aliphatic rings. The van der Waals surface area contributed by atoms with E-state index in [1.165, 1.54) is 6.07 Å². The molecule has 1 heterocycles. The largest absolute Gasteiger partial charge is 0.464 e. The number of halogens is 1. The van der Waals surface area contributed by atoms with Gasteiger partial charge in [-0.15, -0.1) is 0 Å². The minimum Gasteiger partial charge on any atom is -0.464 e. The van der Waals surface area contributed by atoms with E-state index < -0.39 is 17.9 Å². The van der Waals surface area contributed by atoms with Crippen LogP contribution in [0.25, 0.3) is 10.9 Å². The molecule has 0 fully saturated rings. The van der Waals surface area contributed by atoms with Crippen molar-refractivity contribution in [3.05, 3.63) is 81.1 Å². The number of aromatic nitrogens is 1. The number of benzene rings is 2. The fraction of sp³-hybridized carbons (Fsp3) is 0.261. The van der Waals surface area contributed by atoms with E-state index in [0.717, 1.165) is 5.39 Å². The Morgan fingerprint density at radius 1 is 1.13 bits per heavy atom. The van der Waals surface area contributed by atoms with Gasteiger partial charge in [0.1, 0.15) is 6.04 Å². The molecule has 2 aromatic carbocycles. The Kier molecular flexibility index (Phi) is 7.81. The van der Waals surface area contributed by atoms with Gasteiger partial charge < -0.3 is 20.4 Å². The zero-order valence-electron chi connectivity index (χ0n) is 17.1. The monoisotopic (exact) mass is 441 g/mol. The lowest BCUT2D eigenvalue weighted by Crippen LogP contribution is -2.43. The maximum absolute atomic E-state index is 12.8. The fourth-order valence-electron chi connectivity index (χ4n) is 3.22. The molecule has 3 N–H and O–H groups in total. The minimum atomic E-state index is -0.956. The van der Waals surface area contributed by atoms with Crippen molar-refractivity contribution in [2.75, 3.05) is 20.2 Å². The number of carbonyl (C=O) groups is 2. The zero-order valence-corrected chi connectivity index (χ0v) is 17.9. The van der Waals surface area contributed by atoms with Gasteiger partial charge in [-0.1, -0.05) is 29.8 Å². The van der Waals surface area contributed by atoms with Crippen molar-refractivity contribution in [1.82, 2.24) is 15.6 Å². The SMILES string of the molecule is CNCCCOC(=O)C(Cc1cc(=O)[nH]c2ccccc12)NC(=O)c1ccc(Cl)cc1. The normalized spacial score (nSPS) is 11.8. The first-order chi connectivity index (χ1) is 15.0. The number of amides is 1. The molecular formula is C23H24ClN3O4. The number of aromatic amines is 1. The molecule has 1 amide bonds. The second-order valence-corrected chi connectivity index (χ2v) is 7.50. The third-order valence-corrected chi connectivity index (χ3v) is 5.02. The molecule has 3 rings (SSSR count). The molecule has 8 heteroatoms. The summed E-state index contributed by atoms with van der Waals surface area (Å²) in [7, 11) is 1.81. The van der Waals surface area contributed by atoms with E-state index in [-0.39, 0.29) is 18.6 Å². The number of nitrogens with one attached hydrogen (secondary N) is 3. The standard InChI is InChI=1S/C23H24ClN3O4/c1-25-11-4-12-31-23(30)20(27-22(29)15-7-9-17(24)10-8-15)13-16-14-21(28)26-19-6-3-2-5-18(16)19/h2-3,5-10,14,20,25H,4,11-13H2,1H3,(H,26,28)(H,27,29). The van der Waals surface area contributed by atoms with Crippen LogP contribution in [0.1, 0.15) is 22.3 Å². The first-order valence-corrected chi connectivity index (χ1v) is 10.3. The number of hydrogen-bond acceptors (Lipinski definition) is 5. The van der Waals surface area contributed by atoms with Crippen LogP contribution < -0.4 is 16.2 Å². The van der Waals surface area contributed by atoms with E-state index in [4.69, 9.17) is 16.3 Å². The van der Waals surface area contributed by atoms with E-state index in [0.29, 0.717) is 34.6 Å². The van der Waals surface area contributed by atoms with Crippen LogP contribution in [-0.2, 0) is 16.0 Å². The van der Waals surface area contributed by atoms with Gasteiger partial charge in [0.25, 0.3) is 5.91 Å². The molecule has 1 unspecified atom stereocenters. The van der Waals surface area contributed by atoms with Crippen molar-refractivity contribution < 1.29 is 14.3 Å². The quantitative estimate of drug-likeness (QED) is 0.350. The number of hydrogen-bond donors (Lipinski definition) is 3. The number of ether oxygens (including phenoxy) is 1. The van der Waals surface area contributed by atoms with Crippen LogP contribution in [0.5, 0.6) is 0 Å². The van der Waals surface area contributed by atoms with Crippen molar-refractivity contribution in [3.8, 4) is 0 Å². The third-order valence-electron chi connectivity index (χ3n) is 4.77. The van der Waals surface area contributed by atoms with Crippen LogP contribution in [0.15, 0.2) is 59.4 Å². The Bertz CT molecular complexity index is 1110. The van der Waals surface area contributed by atoms with Crippen LogP contribution in [-0.4, -0.2) is 43.1 Å². The summed E-state index contributed by atoms with van der Waals surface area (Å²) in [5, 5.41) is 7.03. The molecule has 0 aliphatic heterocycles.